The SMILES string of the molecule is CC(=O)Nc1ncnc2cccc(F)c12. The van der Waals surface area contributed by atoms with Crippen LogP contribution in [-0.4, -0.2) is 15.9 Å². The highest BCUT2D eigenvalue weighted by Crippen LogP contribution is 2.21. The Kier molecular flexibility index (Phi) is 2.29. The van der Waals surface area contributed by atoms with Gasteiger partial charge >= 0.3 is 0 Å². The van der Waals surface area contributed by atoms with Crippen molar-refractivity contribution in [3.63, 3.8) is 0 Å². The van der Waals surface area contributed by atoms with E-state index in [4.69, 9.17) is 0 Å². The summed E-state index contributed by atoms with van der Waals surface area (Å²) in [6.45, 7) is 1.34. The third-order valence-corrected chi connectivity index (χ3v) is 1.91. The number of anilines is 1. The van der Waals surface area contributed by atoms with Crippen molar-refractivity contribution in [1.82, 2.24) is 9.97 Å². The molecular weight excluding hydrogens is 197 g/mol. The van der Waals surface area contributed by atoms with Crippen molar-refractivity contribution < 1.29 is 9.18 Å². The summed E-state index contributed by atoms with van der Waals surface area (Å²) in [6.07, 6.45) is 1.28. The molecule has 0 bridgehead atoms. The van der Waals surface area contributed by atoms with Crippen LogP contribution in [-0.2, 0) is 4.79 Å². The van der Waals surface area contributed by atoms with Gasteiger partial charge in [-0.2, -0.15) is 0 Å². The molecule has 0 saturated heterocycles. The van der Waals surface area contributed by atoms with E-state index in [2.05, 4.69) is 15.3 Å². The number of hydrogen-bond acceptors (Lipinski definition) is 3. The van der Waals surface area contributed by atoms with Crippen molar-refractivity contribution in [2.45, 2.75) is 6.92 Å². The highest BCUT2D eigenvalue weighted by molar-refractivity contribution is 5.98. The zero-order valence-corrected chi connectivity index (χ0v) is 7.99. The molecule has 0 aliphatic carbocycles. The summed E-state index contributed by atoms with van der Waals surface area (Å²) in [4.78, 5) is 18.6. The first-order valence-corrected chi connectivity index (χ1v) is 4.35. The van der Waals surface area contributed by atoms with Gasteiger partial charge in [0.25, 0.3) is 0 Å². The normalized spacial score (nSPS) is 10.3. The standard InChI is InChI=1S/C10H8FN3O/c1-6(15)14-10-9-7(11)3-2-4-8(9)12-5-13-10/h2-5H,1H3,(H,12,13,14,15). The molecule has 5 heteroatoms. The highest BCUT2D eigenvalue weighted by Gasteiger charge is 2.08. The number of nitrogens with zero attached hydrogens (tertiary/aromatic N) is 2. The number of aromatic nitrogens is 2. The van der Waals surface area contributed by atoms with Crippen molar-refractivity contribution in [3.05, 3.63) is 30.3 Å². The second kappa shape index (κ2) is 3.61. The van der Waals surface area contributed by atoms with Gasteiger partial charge in [0.05, 0.1) is 10.9 Å². The molecule has 1 heterocycles. The average molecular weight is 205 g/mol. The Morgan fingerprint density at radius 2 is 2.20 bits per heavy atom. The molecule has 0 unspecified atom stereocenters. The molecule has 1 N–H and O–H groups in total. The van der Waals surface area contributed by atoms with Gasteiger partial charge in [-0.05, 0) is 12.1 Å². The summed E-state index contributed by atoms with van der Waals surface area (Å²) in [5.41, 5.74) is 0.466. The number of benzene rings is 1. The predicted molar refractivity (Wildman–Crippen MR) is 53.8 cm³/mol. The Morgan fingerprint density at radius 3 is 2.93 bits per heavy atom. The van der Waals surface area contributed by atoms with Crippen molar-refractivity contribution in [2.24, 2.45) is 0 Å². The van der Waals surface area contributed by atoms with Gasteiger partial charge in [-0.15, -0.1) is 0 Å². The van der Waals surface area contributed by atoms with Gasteiger partial charge in [-0.3, -0.25) is 4.79 Å². The van der Waals surface area contributed by atoms with Crippen LogP contribution >= 0.6 is 0 Å². The highest BCUT2D eigenvalue weighted by atomic mass is 19.1. The molecule has 2 rings (SSSR count). The molecule has 4 nitrogen and oxygen atoms in total. The van der Waals surface area contributed by atoms with Gasteiger partial charge in [0, 0.05) is 6.92 Å². The molecule has 0 spiro atoms. The van der Waals surface area contributed by atoms with E-state index in [1.807, 2.05) is 0 Å². The number of carbonyl (C=O) groups is 1. The van der Waals surface area contributed by atoms with Crippen LogP contribution in [0, 0.1) is 5.82 Å². The van der Waals surface area contributed by atoms with Gasteiger partial charge in [0.1, 0.15) is 18.0 Å². The first-order chi connectivity index (χ1) is 7.18. The second-order valence-electron chi connectivity index (χ2n) is 3.04. The van der Waals surface area contributed by atoms with E-state index < -0.39 is 5.82 Å². The number of hydrogen-bond donors (Lipinski definition) is 1. The summed E-state index contributed by atoms with van der Waals surface area (Å²) >= 11 is 0. The van der Waals surface area contributed by atoms with Crippen LogP contribution in [0.4, 0.5) is 10.2 Å². The number of nitrogens with one attached hydrogen (secondary N) is 1. The van der Waals surface area contributed by atoms with Crippen LogP contribution < -0.4 is 5.32 Å². The lowest BCUT2D eigenvalue weighted by molar-refractivity contribution is -0.114. The number of rotatable bonds is 1. The lowest BCUT2D eigenvalue weighted by atomic mass is 10.2. The summed E-state index contributed by atoms with van der Waals surface area (Å²) < 4.78 is 13.5. The first-order valence-electron chi connectivity index (χ1n) is 4.35. The van der Waals surface area contributed by atoms with Crippen LogP contribution in [0.15, 0.2) is 24.5 Å². The predicted octanol–water partition coefficient (Wildman–Crippen LogP) is 1.73. The third kappa shape index (κ3) is 1.76. The third-order valence-electron chi connectivity index (χ3n) is 1.91. The quantitative estimate of drug-likeness (QED) is 0.771. The molecule has 2 aromatic rings. The Hall–Kier alpha value is -2.04. The van der Waals surface area contributed by atoms with Crippen LogP contribution in [0.25, 0.3) is 10.9 Å². The average Bonchev–Trinajstić information content (AvgIpc) is 2.17. The summed E-state index contributed by atoms with van der Waals surface area (Å²) in [7, 11) is 0. The smallest absolute Gasteiger partial charge is 0.222 e. The summed E-state index contributed by atoms with van der Waals surface area (Å²) in [6, 6.07) is 4.52. The monoisotopic (exact) mass is 205 g/mol. The Balaban J connectivity index is 2.68. The van der Waals surface area contributed by atoms with Crippen molar-refractivity contribution in [1.29, 1.82) is 0 Å². The van der Waals surface area contributed by atoms with E-state index >= 15 is 0 Å². The van der Waals surface area contributed by atoms with Crippen LogP contribution in [0.5, 0.6) is 0 Å². The Labute approximate surface area is 85.2 Å². The van der Waals surface area contributed by atoms with Crippen molar-refractivity contribution in [2.75, 3.05) is 5.32 Å². The zero-order valence-electron chi connectivity index (χ0n) is 7.99. The van der Waals surface area contributed by atoms with E-state index in [0.717, 1.165) is 0 Å². The molecule has 0 atom stereocenters. The molecule has 76 valence electrons. The molecule has 1 aromatic carbocycles. The van der Waals surface area contributed by atoms with Gasteiger partial charge in [-0.1, -0.05) is 6.07 Å². The Morgan fingerprint density at radius 1 is 1.40 bits per heavy atom. The maximum Gasteiger partial charge on any atom is 0.222 e. The zero-order chi connectivity index (χ0) is 10.8. The van der Waals surface area contributed by atoms with Crippen LogP contribution in [0.1, 0.15) is 6.92 Å². The lowest BCUT2D eigenvalue weighted by Gasteiger charge is -2.05. The van der Waals surface area contributed by atoms with E-state index in [0.29, 0.717) is 5.52 Å². The molecule has 0 radical (unpaired) electrons. The Bertz CT molecular complexity index is 522. The van der Waals surface area contributed by atoms with E-state index in [9.17, 15) is 9.18 Å². The number of fused-ring (bicyclic) bond motifs is 1. The number of amides is 1. The minimum absolute atomic E-state index is 0.200. The number of halogens is 1. The maximum atomic E-state index is 13.5. The lowest BCUT2D eigenvalue weighted by Crippen LogP contribution is -2.08. The van der Waals surface area contributed by atoms with Gasteiger partial charge < -0.3 is 5.32 Å². The fourth-order valence-corrected chi connectivity index (χ4v) is 1.33. The molecule has 0 fully saturated rings. The second-order valence-corrected chi connectivity index (χ2v) is 3.04. The fourth-order valence-electron chi connectivity index (χ4n) is 1.33. The molecule has 0 saturated carbocycles. The number of carbonyl (C=O) groups excluding carboxylic acids is 1. The summed E-state index contributed by atoms with van der Waals surface area (Å²) in [5.74, 6) is -0.541. The first kappa shape index (κ1) is 9.51. The molecule has 1 aromatic heterocycles. The minimum atomic E-state index is -0.447. The van der Waals surface area contributed by atoms with Gasteiger partial charge in [-0.25, -0.2) is 14.4 Å². The largest absolute Gasteiger partial charge is 0.310 e. The fraction of sp³-hybridized carbons (Fsp3) is 0.100. The van der Waals surface area contributed by atoms with E-state index in [1.54, 1.807) is 12.1 Å². The van der Waals surface area contributed by atoms with Crippen molar-refractivity contribution >= 4 is 22.6 Å². The minimum Gasteiger partial charge on any atom is -0.310 e. The molecule has 1 amide bonds. The molecule has 0 aliphatic rings. The molecular formula is C10H8FN3O. The molecule has 0 aliphatic heterocycles. The van der Waals surface area contributed by atoms with Crippen molar-refractivity contribution in [3.8, 4) is 0 Å². The van der Waals surface area contributed by atoms with E-state index in [1.165, 1.54) is 19.3 Å². The maximum absolute atomic E-state index is 13.5. The van der Waals surface area contributed by atoms with E-state index in [-0.39, 0.29) is 17.1 Å². The van der Waals surface area contributed by atoms with Crippen LogP contribution in [0.2, 0.25) is 0 Å². The van der Waals surface area contributed by atoms with Gasteiger partial charge in [0.2, 0.25) is 5.91 Å². The van der Waals surface area contributed by atoms with Gasteiger partial charge in [0.15, 0.2) is 0 Å². The summed E-state index contributed by atoms with van der Waals surface area (Å²) in [5, 5.41) is 2.69. The van der Waals surface area contributed by atoms with Crippen LogP contribution in [0.3, 0.4) is 0 Å². The molecule has 15 heavy (non-hydrogen) atoms. The topological polar surface area (TPSA) is 54.9 Å².